The van der Waals surface area contributed by atoms with Gasteiger partial charge in [0.2, 0.25) is 0 Å². The quantitative estimate of drug-likeness (QED) is 0.588. The fourth-order valence-electron chi connectivity index (χ4n) is 4.18. The van der Waals surface area contributed by atoms with Crippen molar-refractivity contribution in [3.05, 3.63) is 24.2 Å². The van der Waals surface area contributed by atoms with Crippen LogP contribution in [0.15, 0.2) is 18.5 Å². The summed E-state index contributed by atoms with van der Waals surface area (Å²) in [4.78, 5) is 6.76. The van der Waals surface area contributed by atoms with Crippen LogP contribution >= 0.6 is 0 Å². The Morgan fingerprint density at radius 3 is 2.83 bits per heavy atom. The number of nitrogens with one attached hydrogen (secondary N) is 1. The molecule has 0 radical (unpaired) electrons. The van der Waals surface area contributed by atoms with Crippen LogP contribution in [0, 0.1) is 5.41 Å². The molecule has 0 amide bonds. The van der Waals surface area contributed by atoms with Crippen molar-refractivity contribution >= 4 is 11.4 Å². The molecule has 166 valence electrons. The summed E-state index contributed by atoms with van der Waals surface area (Å²) in [6.45, 7) is 9.02. The summed E-state index contributed by atoms with van der Waals surface area (Å²) < 4.78 is 17.8. The van der Waals surface area contributed by atoms with Gasteiger partial charge in [0, 0.05) is 30.8 Å². The summed E-state index contributed by atoms with van der Waals surface area (Å²) in [5.41, 5.74) is 8.29. The molecule has 1 unspecified atom stereocenters. The van der Waals surface area contributed by atoms with Crippen molar-refractivity contribution < 1.29 is 19.3 Å². The lowest BCUT2D eigenvalue weighted by Gasteiger charge is -2.48. The van der Waals surface area contributed by atoms with E-state index in [0.29, 0.717) is 30.3 Å². The number of aliphatic hydroxyl groups is 1. The van der Waals surface area contributed by atoms with E-state index in [1.165, 1.54) is 6.42 Å². The average molecular weight is 419 g/mol. The number of aromatic nitrogens is 1. The van der Waals surface area contributed by atoms with Crippen LogP contribution in [0.4, 0.5) is 5.69 Å². The third-order valence-electron chi connectivity index (χ3n) is 6.09. The standard InChI is InChI=1S/C22H34N4O4/c1-15(2)29-18-7-16(26-11-21(3,12-26)13-27)8-25-20(18)17(23)9-24-10-19-28-14-22(30-19)5-4-6-22/h7-9,15,19,24,27H,4-6,10-14,23H2,1-3H3/b17-9-. The van der Waals surface area contributed by atoms with Crippen molar-refractivity contribution in [1.82, 2.24) is 10.3 Å². The molecule has 4 N–H and O–H groups in total. The summed E-state index contributed by atoms with van der Waals surface area (Å²) in [6, 6.07) is 1.98. The molecule has 30 heavy (non-hydrogen) atoms. The van der Waals surface area contributed by atoms with Crippen molar-refractivity contribution in [1.29, 1.82) is 0 Å². The van der Waals surface area contributed by atoms with Gasteiger partial charge in [-0.25, -0.2) is 4.98 Å². The minimum absolute atomic E-state index is 0.000359. The summed E-state index contributed by atoms with van der Waals surface area (Å²) in [5, 5.41) is 12.7. The van der Waals surface area contributed by atoms with E-state index in [2.05, 4.69) is 22.1 Å². The maximum atomic E-state index is 9.49. The summed E-state index contributed by atoms with van der Waals surface area (Å²) >= 11 is 0. The predicted octanol–water partition coefficient (Wildman–Crippen LogP) is 1.83. The molecular weight excluding hydrogens is 384 g/mol. The summed E-state index contributed by atoms with van der Waals surface area (Å²) in [7, 11) is 0. The largest absolute Gasteiger partial charge is 0.489 e. The van der Waals surface area contributed by atoms with Gasteiger partial charge in [-0.15, -0.1) is 0 Å². The van der Waals surface area contributed by atoms with Crippen LogP contribution in [-0.4, -0.2) is 60.9 Å². The molecule has 1 aromatic rings. The normalized spacial score (nSPS) is 24.6. The first-order valence-electron chi connectivity index (χ1n) is 10.8. The maximum Gasteiger partial charge on any atom is 0.175 e. The van der Waals surface area contributed by atoms with Gasteiger partial charge in [0.25, 0.3) is 0 Å². The molecule has 8 nitrogen and oxygen atoms in total. The van der Waals surface area contributed by atoms with Crippen LogP contribution in [0.1, 0.15) is 45.7 Å². The van der Waals surface area contributed by atoms with E-state index in [4.69, 9.17) is 19.9 Å². The Kier molecular flexibility index (Phi) is 5.83. The molecular formula is C22H34N4O4. The summed E-state index contributed by atoms with van der Waals surface area (Å²) in [5.74, 6) is 0.650. The van der Waals surface area contributed by atoms with E-state index in [-0.39, 0.29) is 30.0 Å². The molecule has 0 bridgehead atoms. The van der Waals surface area contributed by atoms with Crippen LogP contribution in [-0.2, 0) is 9.47 Å². The molecule has 1 saturated carbocycles. The number of nitrogens with two attached hydrogens (primary N) is 1. The second kappa shape index (κ2) is 8.24. The topological polar surface area (TPSA) is 102 Å². The molecule has 3 aliphatic rings. The lowest BCUT2D eigenvalue weighted by Crippen LogP contribution is -2.56. The number of nitrogens with zero attached hydrogens (tertiary/aromatic N) is 2. The fraction of sp³-hybridized carbons (Fsp3) is 0.682. The molecule has 4 rings (SSSR count). The fourth-order valence-corrected chi connectivity index (χ4v) is 4.18. The molecule has 2 saturated heterocycles. The average Bonchev–Trinajstić information content (AvgIpc) is 3.10. The zero-order valence-electron chi connectivity index (χ0n) is 18.2. The van der Waals surface area contributed by atoms with Gasteiger partial charge in [-0.1, -0.05) is 6.92 Å². The Hall–Kier alpha value is -2.03. The molecule has 1 spiro atoms. The van der Waals surface area contributed by atoms with E-state index in [0.717, 1.165) is 31.6 Å². The predicted molar refractivity (Wildman–Crippen MR) is 115 cm³/mol. The van der Waals surface area contributed by atoms with Crippen molar-refractivity contribution in [2.24, 2.45) is 11.1 Å². The van der Waals surface area contributed by atoms with Crippen molar-refractivity contribution in [2.45, 2.75) is 58.0 Å². The molecule has 1 aliphatic carbocycles. The Morgan fingerprint density at radius 2 is 2.23 bits per heavy atom. The van der Waals surface area contributed by atoms with Gasteiger partial charge in [-0.05, 0) is 33.1 Å². The molecule has 3 fully saturated rings. The number of anilines is 1. The first kappa shape index (κ1) is 21.2. The Bertz CT molecular complexity index is 787. The highest BCUT2D eigenvalue weighted by Gasteiger charge is 2.45. The van der Waals surface area contributed by atoms with E-state index >= 15 is 0 Å². The van der Waals surface area contributed by atoms with E-state index in [1.54, 1.807) is 6.20 Å². The molecule has 1 aromatic heterocycles. The highest BCUT2D eigenvalue weighted by atomic mass is 16.7. The smallest absolute Gasteiger partial charge is 0.175 e. The number of hydrogen-bond acceptors (Lipinski definition) is 8. The first-order chi connectivity index (χ1) is 14.3. The first-order valence-corrected chi connectivity index (χ1v) is 10.8. The lowest BCUT2D eigenvalue weighted by atomic mass is 9.81. The minimum Gasteiger partial charge on any atom is -0.489 e. The van der Waals surface area contributed by atoms with E-state index in [1.807, 2.05) is 26.1 Å². The van der Waals surface area contributed by atoms with Crippen LogP contribution in [0.2, 0.25) is 0 Å². The van der Waals surface area contributed by atoms with Gasteiger partial charge in [-0.3, -0.25) is 0 Å². The molecule has 0 aromatic carbocycles. The minimum atomic E-state index is -0.247. The van der Waals surface area contributed by atoms with Crippen molar-refractivity contribution in [2.75, 3.05) is 37.7 Å². The highest BCUT2D eigenvalue weighted by molar-refractivity contribution is 5.67. The van der Waals surface area contributed by atoms with E-state index < -0.39 is 0 Å². The van der Waals surface area contributed by atoms with Gasteiger partial charge in [0.05, 0.1) is 49.0 Å². The van der Waals surface area contributed by atoms with Gasteiger partial charge in [0.1, 0.15) is 11.4 Å². The molecule has 3 heterocycles. The third kappa shape index (κ3) is 4.36. The Morgan fingerprint density at radius 1 is 1.47 bits per heavy atom. The van der Waals surface area contributed by atoms with Crippen LogP contribution in [0.3, 0.4) is 0 Å². The Balaban J connectivity index is 1.40. The van der Waals surface area contributed by atoms with Gasteiger partial charge >= 0.3 is 0 Å². The zero-order valence-corrected chi connectivity index (χ0v) is 18.2. The monoisotopic (exact) mass is 418 g/mol. The van der Waals surface area contributed by atoms with Crippen molar-refractivity contribution in [3.63, 3.8) is 0 Å². The molecule has 8 heteroatoms. The van der Waals surface area contributed by atoms with Gasteiger partial charge in [0.15, 0.2) is 6.29 Å². The van der Waals surface area contributed by atoms with Gasteiger partial charge in [-0.2, -0.15) is 0 Å². The molecule has 1 atom stereocenters. The lowest BCUT2D eigenvalue weighted by molar-refractivity contribution is -0.112. The number of aliphatic hydroxyl groups excluding tert-OH is 1. The number of rotatable bonds is 8. The van der Waals surface area contributed by atoms with Gasteiger partial charge < -0.3 is 35.3 Å². The number of ether oxygens (including phenoxy) is 3. The zero-order chi connectivity index (χ0) is 21.4. The number of pyridine rings is 1. The van der Waals surface area contributed by atoms with Crippen molar-refractivity contribution in [3.8, 4) is 5.75 Å². The van der Waals surface area contributed by atoms with Crippen LogP contribution < -0.4 is 20.7 Å². The summed E-state index contributed by atoms with van der Waals surface area (Å²) in [6.07, 6.45) is 6.68. The SMILES string of the molecule is CC(C)Oc1cc(N2CC(C)(CO)C2)cnc1/C(N)=C/NCC1OCC2(CCC2)O1. The second-order valence-corrected chi connectivity index (χ2v) is 9.43. The van der Waals surface area contributed by atoms with E-state index in [9.17, 15) is 5.11 Å². The maximum absolute atomic E-state index is 9.49. The van der Waals surface area contributed by atoms with Crippen LogP contribution in [0.25, 0.3) is 5.70 Å². The Labute approximate surface area is 178 Å². The highest BCUT2D eigenvalue weighted by Crippen LogP contribution is 2.41. The third-order valence-corrected chi connectivity index (χ3v) is 6.09. The number of hydrogen-bond donors (Lipinski definition) is 3. The molecule has 2 aliphatic heterocycles. The second-order valence-electron chi connectivity index (χ2n) is 9.43. The van der Waals surface area contributed by atoms with Crippen LogP contribution in [0.5, 0.6) is 5.75 Å².